The molecule has 3 amide bonds. The summed E-state index contributed by atoms with van der Waals surface area (Å²) in [7, 11) is 1.54. The molecule has 5 rings (SSSR count). The van der Waals surface area contributed by atoms with E-state index >= 15 is 0 Å². The van der Waals surface area contributed by atoms with Gasteiger partial charge in [-0.15, -0.1) is 0 Å². The van der Waals surface area contributed by atoms with Crippen molar-refractivity contribution in [3.8, 4) is 5.75 Å². The Bertz CT molecular complexity index is 1340. The largest absolute Gasteiger partial charge is 0.497 e. The number of likely N-dealkylation sites (tertiary alicyclic amines) is 1. The third-order valence-electron chi connectivity index (χ3n) is 7.21. The van der Waals surface area contributed by atoms with E-state index in [0.717, 1.165) is 5.56 Å². The number of carbonyl (C=O) groups is 3. The SMILES string of the molecule is COc1ccc(C(=O)N2[C@H](C(=O)NCc3cccnc3)COC23CCN(C(=O)c2cccc(F)c2)CC3)cc1. The number of benzene rings is 2. The number of piperidine rings is 1. The van der Waals surface area contributed by atoms with Crippen molar-refractivity contribution in [2.45, 2.75) is 31.2 Å². The number of aromatic nitrogens is 1. The normalized spacial score (nSPS) is 18.2. The second kappa shape index (κ2) is 11.2. The van der Waals surface area contributed by atoms with E-state index in [1.54, 1.807) is 60.8 Å². The lowest BCUT2D eigenvalue weighted by molar-refractivity contribution is -0.128. The summed E-state index contributed by atoms with van der Waals surface area (Å²) in [4.78, 5) is 47.4. The summed E-state index contributed by atoms with van der Waals surface area (Å²) in [6.07, 6.45) is 3.93. The number of carbonyl (C=O) groups excluding carboxylic acids is 3. The van der Waals surface area contributed by atoms with Crippen LogP contribution in [0.3, 0.4) is 0 Å². The van der Waals surface area contributed by atoms with Crippen molar-refractivity contribution >= 4 is 17.7 Å². The van der Waals surface area contributed by atoms with Gasteiger partial charge in [-0.1, -0.05) is 12.1 Å². The molecule has 1 spiro atoms. The minimum atomic E-state index is -1.06. The molecule has 1 N–H and O–H groups in total. The lowest BCUT2D eigenvalue weighted by atomic mass is 9.96. The maximum Gasteiger partial charge on any atom is 0.256 e. The van der Waals surface area contributed by atoms with Crippen molar-refractivity contribution in [3.05, 3.63) is 95.6 Å². The number of hydrogen-bond acceptors (Lipinski definition) is 6. The van der Waals surface area contributed by atoms with Crippen molar-refractivity contribution in [2.75, 3.05) is 26.8 Å². The van der Waals surface area contributed by atoms with Gasteiger partial charge in [-0.25, -0.2) is 4.39 Å². The van der Waals surface area contributed by atoms with Crippen LogP contribution in [0.2, 0.25) is 0 Å². The van der Waals surface area contributed by atoms with Crippen LogP contribution in [0.4, 0.5) is 4.39 Å². The van der Waals surface area contributed by atoms with Crippen LogP contribution in [0.1, 0.15) is 39.1 Å². The second-order valence-electron chi connectivity index (χ2n) is 9.56. The van der Waals surface area contributed by atoms with Crippen molar-refractivity contribution in [1.82, 2.24) is 20.1 Å². The highest BCUT2D eigenvalue weighted by atomic mass is 19.1. The first-order chi connectivity index (χ1) is 18.9. The average molecular weight is 533 g/mol. The molecule has 2 aliphatic heterocycles. The molecular formula is C29H29FN4O5. The molecule has 2 aliphatic rings. The molecule has 2 fully saturated rings. The number of methoxy groups -OCH3 is 1. The van der Waals surface area contributed by atoms with Gasteiger partial charge in [-0.3, -0.25) is 24.3 Å². The first-order valence-corrected chi connectivity index (χ1v) is 12.7. The van der Waals surface area contributed by atoms with Gasteiger partial charge >= 0.3 is 0 Å². The number of hydrogen-bond donors (Lipinski definition) is 1. The van der Waals surface area contributed by atoms with Gasteiger partial charge < -0.3 is 19.7 Å². The maximum atomic E-state index is 13.9. The van der Waals surface area contributed by atoms with Gasteiger partial charge in [0.2, 0.25) is 5.91 Å². The van der Waals surface area contributed by atoms with Crippen molar-refractivity contribution in [2.24, 2.45) is 0 Å². The maximum absolute atomic E-state index is 13.9. The quantitative estimate of drug-likeness (QED) is 0.524. The first kappa shape index (κ1) is 26.3. The van der Waals surface area contributed by atoms with E-state index in [2.05, 4.69) is 10.3 Å². The molecule has 3 heterocycles. The Morgan fingerprint density at radius 1 is 1.05 bits per heavy atom. The molecule has 1 aromatic heterocycles. The Kier molecular flexibility index (Phi) is 7.56. The highest BCUT2D eigenvalue weighted by Gasteiger charge is 2.54. The van der Waals surface area contributed by atoms with Gasteiger partial charge in [0.15, 0.2) is 0 Å². The predicted molar refractivity (Wildman–Crippen MR) is 139 cm³/mol. The van der Waals surface area contributed by atoms with Gasteiger partial charge in [-0.2, -0.15) is 0 Å². The number of nitrogens with zero attached hydrogens (tertiary/aromatic N) is 3. The summed E-state index contributed by atoms with van der Waals surface area (Å²) in [6, 6.07) is 15.0. The zero-order valence-corrected chi connectivity index (χ0v) is 21.5. The Morgan fingerprint density at radius 2 is 1.82 bits per heavy atom. The van der Waals surface area contributed by atoms with Gasteiger partial charge in [-0.05, 0) is 54.1 Å². The molecule has 0 saturated carbocycles. The molecule has 9 nitrogen and oxygen atoms in total. The Hall–Kier alpha value is -4.31. The summed E-state index contributed by atoms with van der Waals surface area (Å²) >= 11 is 0. The molecule has 39 heavy (non-hydrogen) atoms. The standard InChI is InChI=1S/C29H29FN4O5/c1-38-24-9-7-21(8-10-24)28(37)34-25(26(35)32-18-20-4-3-13-31-17-20)19-39-29(34)11-14-33(15-12-29)27(36)22-5-2-6-23(30)16-22/h2-10,13,16-17,25H,11-12,14-15,18-19H2,1H3,(H,32,35)/t25-/m0/s1. The zero-order valence-electron chi connectivity index (χ0n) is 21.5. The average Bonchev–Trinajstić information content (AvgIpc) is 3.34. The number of amides is 3. The summed E-state index contributed by atoms with van der Waals surface area (Å²) in [6.45, 7) is 0.854. The van der Waals surface area contributed by atoms with Gasteiger partial charge in [0.05, 0.1) is 13.7 Å². The Labute approximate surface area is 225 Å². The third-order valence-corrected chi connectivity index (χ3v) is 7.21. The van der Waals surface area contributed by atoms with E-state index in [-0.39, 0.29) is 49.5 Å². The van der Waals surface area contributed by atoms with E-state index < -0.39 is 17.6 Å². The van der Waals surface area contributed by atoms with Crippen LogP contribution in [0, 0.1) is 5.82 Å². The van der Waals surface area contributed by atoms with Crippen molar-refractivity contribution < 1.29 is 28.2 Å². The molecule has 0 unspecified atom stereocenters. The number of pyridine rings is 1. The molecule has 2 aromatic carbocycles. The van der Waals surface area contributed by atoms with E-state index in [1.807, 2.05) is 6.07 Å². The molecule has 10 heteroatoms. The Morgan fingerprint density at radius 3 is 2.49 bits per heavy atom. The van der Waals surface area contributed by atoms with E-state index in [9.17, 15) is 18.8 Å². The molecule has 0 radical (unpaired) electrons. The number of halogens is 1. The minimum Gasteiger partial charge on any atom is -0.497 e. The van der Waals surface area contributed by atoms with Crippen LogP contribution in [0.15, 0.2) is 73.1 Å². The highest BCUT2D eigenvalue weighted by molar-refractivity contribution is 5.99. The summed E-state index contributed by atoms with van der Waals surface area (Å²) in [5.74, 6) is -0.850. The third kappa shape index (κ3) is 5.46. The fourth-order valence-electron chi connectivity index (χ4n) is 5.11. The van der Waals surface area contributed by atoms with Crippen molar-refractivity contribution in [1.29, 1.82) is 0 Å². The molecule has 202 valence electrons. The molecular weight excluding hydrogens is 503 g/mol. The van der Waals surface area contributed by atoms with Crippen LogP contribution in [0.25, 0.3) is 0 Å². The Balaban J connectivity index is 1.36. The lowest BCUT2D eigenvalue weighted by Crippen LogP contribution is -2.59. The number of ether oxygens (including phenoxy) is 2. The predicted octanol–water partition coefficient (Wildman–Crippen LogP) is 3.02. The second-order valence-corrected chi connectivity index (χ2v) is 9.56. The van der Waals surface area contributed by atoms with Gasteiger partial charge in [0.25, 0.3) is 11.8 Å². The minimum absolute atomic E-state index is 0.0264. The zero-order chi connectivity index (χ0) is 27.4. The molecule has 3 aromatic rings. The molecule has 0 aliphatic carbocycles. The first-order valence-electron chi connectivity index (χ1n) is 12.7. The molecule has 0 bridgehead atoms. The number of nitrogens with one attached hydrogen (secondary N) is 1. The smallest absolute Gasteiger partial charge is 0.256 e. The summed E-state index contributed by atoms with van der Waals surface area (Å²) in [5, 5.41) is 2.90. The lowest BCUT2D eigenvalue weighted by Gasteiger charge is -2.44. The fourth-order valence-corrected chi connectivity index (χ4v) is 5.11. The topological polar surface area (TPSA) is 101 Å². The van der Waals surface area contributed by atoms with Crippen LogP contribution in [0.5, 0.6) is 5.75 Å². The number of rotatable bonds is 6. The monoisotopic (exact) mass is 532 g/mol. The van der Waals surface area contributed by atoms with E-state index in [0.29, 0.717) is 24.2 Å². The van der Waals surface area contributed by atoms with Crippen molar-refractivity contribution in [3.63, 3.8) is 0 Å². The van der Waals surface area contributed by atoms with E-state index in [4.69, 9.17) is 9.47 Å². The summed E-state index contributed by atoms with van der Waals surface area (Å²) in [5.41, 5.74) is 0.421. The molecule has 1 atom stereocenters. The van der Waals surface area contributed by atoms with Gasteiger partial charge in [0.1, 0.15) is 23.3 Å². The van der Waals surface area contributed by atoms with Crippen LogP contribution in [-0.4, -0.2) is 71.1 Å². The van der Waals surface area contributed by atoms with Crippen LogP contribution >= 0.6 is 0 Å². The van der Waals surface area contributed by atoms with Crippen LogP contribution in [-0.2, 0) is 16.1 Å². The molecule has 2 saturated heterocycles. The van der Waals surface area contributed by atoms with Gasteiger partial charge in [0, 0.05) is 56.0 Å². The highest BCUT2D eigenvalue weighted by Crippen LogP contribution is 2.39. The van der Waals surface area contributed by atoms with Crippen LogP contribution < -0.4 is 10.1 Å². The fraction of sp³-hybridized carbons (Fsp3) is 0.310. The summed E-state index contributed by atoms with van der Waals surface area (Å²) < 4.78 is 25.1. The van der Waals surface area contributed by atoms with E-state index in [1.165, 1.54) is 23.1 Å².